The number of carbonyl (C=O) groups excluding carboxylic acids is 1. The molecule has 1 heterocycles. The summed E-state index contributed by atoms with van der Waals surface area (Å²) >= 11 is 1.78. The van der Waals surface area contributed by atoms with E-state index in [1.165, 1.54) is 9.88 Å². The minimum atomic E-state index is 0.0421. The van der Waals surface area contributed by atoms with Crippen LogP contribution in [0.15, 0.2) is 0 Å². The number of hydrogen-bond acceptors (Lipinski definition) is 4. The van der Waals surface area contributed by atoms with E-state index in [0.29, 0.717) is 6.54 Å². The summed E-state index contributed by atoms with van der Waals surface area (Å²) in [6.45, 7) is 16.0. The normalized spacial score (nSPS) is 13.5. The minimum absolute atomic E-state index is 0.0421. The SMILES string of the molecule is Cc1nc(C(C)(C)C)sc1C(C)NCCNC(=O)C(C)C. The Morgan fingerprint density at radius 2 is 1.86 bits per heavy atom. The third-order valence-electron chi connectivity index (χ3n) is 3.27. The van der Waals surface area contributed by atoms with Gasteiger partial charge in [-0.1, -0.05) is 34.6 Å². The Kier molecular flexibility index (Phi) is 6.35. The van der Waals surface area contributed by atoms with Crippen molar-refractivity contribution in [2.75, 3.05) is 13.1 Å². The fourth-order valence-corrected chi connectivity index (χ4v) is 3.05. The molecule has 5 heteroatoms. The van der Waals surface area contributed by atoms with Crippen LogP contribution in [0.1, 0.15) is 63.2 Å². The first-order chi connectivity index (χ1) is 9.62. The molecule has 0 bridgehead atoms. The van der Waals surface area contributed by atoms with E-state index in [2.05, 4.69) is 45.3 Å². The van der Waals surface area contributed by atoms with Gasteiger partial charge in [-0.25, -0.2) is 4.98 Å². The molecule has 0 radical (unpaired) electrons. The molecule has 1 amide bonds. The Labute approximate surface area is 132 Å². The number of nitrogens with one attached hydrogen (secondary N) is 2. The van der Waals surface area contributed by atoms with E-state index in [1.54, 1.807) is 11.3 Å². The van der Waals surface area contributed by atoms with Gasteiger partial charge in [-0.05, 0) is 13.8 Å². The summed E-state index contributed by atoms with van der Waals surface area (Å²) in [5.41, 5.74) is 1.20. The first-order valence-corrected chi connectivity index (χ1v) is 8.43. The van der Waals surface area contributed by atoms with Gasteiger partial charge >= 0.3 is 0 Å². The number of carbonyl (C=O) groups is 1. The van der Waals surface area contributed by atoms with Crippen LogP contribution in [-0.4, -0.2) is 24.0 Å². The standard InChI is InChI=1S/C16H29N3OS/c1-10(2)14(20)18-9-8-17-11(3)13-12(4)19-15(21-13)16(5,6)7/h10-11,17H,8-9H2,1-7H3,(H,18,20). The van der Waals surface area contributed by atoms with Crippen LogP contribution in [-0.2, 0) is 10.2 Å². The lowest BCUT2D eigenvalue weighted by molar-refractivity contribution is -0.123. The molecular formula is C16H29N3OS. The zero-order valence-corrected chi connectivity index (χ0v) is 15.1. The van der Waals surface area contributed by atoms with Gasteiger partial charge in [-0.2, -0.15) is 0 Å². The smallest absolute Gasteiger partial charge is 0.222 e. The van der Waals surface area contributed by atoms with E-state index < -0.39 is 0 Å². The van der Waals surface area contributed by atoms with Crippen LogP contribution < -0.4 is 10.6 Å². The number of nitrogens with zero attached hydrogens (tertiary/aromatic N) is 1. The molecule has 0 spiro atoms. The first kappa shape index (κ1) is 18.1. The average Bonchev–Trinajstić information content (AvgIpc) is 2.76. The number of amides is 1. The Bertz CT molecular complexity index is 474. The van der Waals surface area contributed by atoms with Crippen molar-refractivity contribution in [2.24, 2.45) is 5.92 Å². The fraction of sp³-hybridized carbons (Fsp3) is 0.750. The van der Waals surface area contributed by atoms with Crippen molar-refractivity contribution in [3.8, 4) is 0 Å². The van der Waals surface area contributed by atoms with Crippen molar-refractivity contribution in [3.63, 3.8) is 0 Å². The predicted octanol–water partition coefficient (Wildman–Crippen LogP) is 3.17. The van der Waals surface area contributed by atoms with Gasteiger partial charge in [0.05, 0.1) is 10.7 Å². The molecule has 1 rings (SSSR count). The largest absolute Gasteiger partial charge is 0.355 e. The first-order valence-electron chi connectivity index (χ1n) is 7.61. The molecule has 1 aromatic heterocycles. The molecule has 0 aromatic carbocycles. The fourth-order valence-electron chi connectivity index (χ4n) is 1.90. The van der Waals surface area contributed by atoms with Crippen LogP contribution in [0.3, 0.4) is 0 Å². The van der Waals surface area contributed by atoms with Gasteiger partial charge in [0.1, 0.15) is 0 Å². The average molecular weight is 311 g/mol. The van der Waals surface area contributed by atoms with Gasteiger partial charge in [0, 0.05) is 35.3 Å². The molecule has 1 unspecified atom stereocenters. The lowest BCUT2D eigenvalue weighted by Gasteiger charge is -2.15. The number of rotatable bonds is 6. The van der Waals surface area contributed by atoms with Crippen LogP contribution in [0.5, 0.6) is 0 Å². The molecule has 0 aliphatic rings. The Morgan fingerprint density at radius 3 is 2.33 bits per heavy atom. The third kappa shape index (κ3) is 5.40. The minimum Gasteiger partial charge on any atom is -0.355 e. The van der Waals surface area contributed by atoms with Gasteiger partial charge in [0.2, 0.25) is 5.91 Å². The van der Waals surface area contributed by atoms with Gasteiger partial charge in [-0.3, -0.25) is 4.79 Å². The maximum atomic E-state index is 11.5. The zero-order valence-electron chi connectivity index (χ0n) is 14.3. The highest BCUT2D eigenvalue weighted by Crippen LogP contribution is 2.32. The van der Waals surface area contributed by atoms with Gasteiger partial charge in [-0.15, -0.1) is 11.3 Å². The van der Waals surface area contributed by atoms with Gasteiger partial charge in [0.15, 0.2) is 0 Å². The van der Waals surface area contributed by atoms with Crippen LogP contribution in [0.2, 0.25) is 0 Å². The molecule has 1 aromatic rings. The highest BCUT2D eigenvalue weighted by Gasteiger charge is 2.22. The molecule has 0 saturated carbocycles. The number of aryl methyl sites for hydroxylation is 1. The molecule has 0 aliphatic heterocycles. The lowest BCUT2D eigenvalue weighted by Crippen LogP contribution is -2.35. The van der Waals surface area contributed by atoms with E-state index in [1.807, 2.05) is 13.8 Å². The molecule has 120 valence electrons. The Morgan fingerprint density at radius 1 is 1.24 bits per heavy atom. The van der Waals surface area contributed by atoms with Crippen LogP contribution in [0, 0.1) is 12.8 Å². The highest BCUT2D eigenvalue weighted by atomic mass is 32.1. The third-order valence-corrected chi connectivity index (χ3v) is 5.03. The van der Waals surface area contributed by atoms with Crippen molar-refractivity contribution >= 4 is 17.2 Å². The summed E-state index contributed by atoms with van der Waals surface area (Å²) in [6, 6.07) is 0.259. The van der Waals surface area contributed by atoms with Crippen LogP contribution in [0.4, 0.5) is 0 Å². The number of thiazole rings is 1. The summed E-state index contributed by atoms with van der Waals surface area (Å²) < 4.78 is 0. The van der Waals surface area contributed by atoms with Crippen molar-refractivity contribution < 1.29 is 4.79 Å². The van der Waals surface area contributed by atoms with E-state index >= 15 is 0 Å². The van der Waals surface area contributed by atoms with Gasteiger partial charge in [0.25, 0.3) is 0 Å². The van der Waals surface area contributed by atoms with Crippen LogP contribution >= 0.6 is 11.3 Å². The molecular weight excluding hydrogens is 282 g/mol. The molecule has 0 aliphatic carbocycles. The second kappa shape index (κ2) is 7.36. The second-order valence-electron chi connectivity index (χ2n) is 6.84. The Hall–Kier alpha value is -0.940. The molecule has 0 fully saturated rings. The summed E-state index contributed by atoms with van der Waals surface area (Å²) in [5.74, 6) is 0.147. The summed E-state index contributed by atoms with van der Waals surface area (Å²) in [6.07, 6.45) is 0. The highest BCUT2D eigenvalue weighted by molar-refractivity contribution is 7.12. The quantitative estimate of drug-likeness (QED) is 0.793. The maximum absolute atomic E-state index is 11.5. The summed E-state index contributed by atoms with van der Waals surface area (Å²) in [5, 5.41) is 7.55. The van der Waals surface area contributed by atoms with E-state index in [9.17, 15) is 4.79 Å². The van der Waals surface area contributed by atoms with E-state index in [4.69, 9.17) is 4.98 Å². The number of aromatic nitrogens is 1. The molecule has 1 atom stereocenters. The maximum Gasteiger partial charge on any atom is 0.222 e. The number of hydrogen-bond donors (Lipinski definition) is 2. The molecule has 0 saturated heterocycles. The molecule has 4 nitrogen and oxygen atoms in total. The van der Waals surface area contributed by atoms with E-state index in [-0.39, 0.29) is 23.3 Å². The molecule has 21 heavy (non-hydrogen) atoms. The second-order valence-corrected chi connectivity index (χ2v) is 7.87. The van der Waals surface area contributed by atoms with Gasteiger partial charge < -0.3 is 10.6 Å². The predicted molar refractivity (Wildman–Crippen MR) is 89.8 cm³/mol. The summed E-state index contributed by atoms with van der Waals surface area (Å²) in [7, 11) is 0. The Balaban J connectivity index is 2.51. The summed E-state index contributed by atoms with van der Waals surface area (Å²) in [4.78, 5) is 17.5. The van der Waals surface area contributed by atoms with Crippen molar-refractivity contribution in [1.29, 1.82) is 0 Å². The zero-order chi connectivity index (χ0) is 16.2. The van der Waals surface area contributed by atoms with Crippen LogP contribution in [0.25, 0.3) is 0 Å². The van der Waals surface area contributed by atoms with Crippen molar-refractivity contribution in [3.05, 3.63) is 15.6 Å². The topological polar surface area (TPSA) is 54.0 Å². The lowest BCUT2D eigenvalue weighted by atomic mass is 9.98. The van der Waals surface area contributed by atoms with Crippen molar-refractivity contribution in [2.45, 2.75) is 59.9 Å². The molecule has 2 N–H and O–H groups in total. The monoisotopic (exact) mass is 311 g/mol. The van der Waals surface area contributed by atoms with E-state index in [0.717, 1.165) is 12.2 Å². The van der Waals surface area contributed by atoms with Crippen molar-refractivity contribution in [1.82, 2.24) is 15.6 Å².